The molecule has 0 N–H and O–H groups in total. The van der Waals surface area contributed by atoms with E-state index in [0.29, 0.717) is 0 Å². The first-order valence-electron chi connectivity index (χ1n) is 8.34. The highest BCUT2D eigenvalue weighted by molar-refractivity contribution is 5.08. The van der Waals surface area contributed by atoms with Crippen molar-refractivity contribution >= 4 is 0 Å². The Bertz CT molecular complexity index is 523. The van der Waals surface area contributed by atoms with Crippen LogP contribution in [-0.4, -0.2) is 52.1 Å². The molecule has 1 fully saturated rings. The van der Waals surface area contributed by atoms with Crippen LogP contribution in [0.2, 0.25) is 0 Å². The van der Waals surface area contributed by atoms with Crippen molar-refractivity contribution in [3.8, 4) is 0 Å². The van der Waals surface area contributed by atoms with Crippen molar-refractivity contribution in [3.05, 3.63) is 54.6 Å². The smallest absolute Gasteiger partial charge is 0.0312 e. The monoisotopic (exact) mass is 298 g/mol. The fourth-order valence-electron chi connectivity index (χ4n) is 3.15. The predicted molar refractivity (Wildman–Crippen MR) is 89.6 cm³/mol. The first kappa shape index (κ1) is 15.3. The van der Waals surface area contributed by atoms with Gasteiger partial charge in [-0.15, -0.1) is 0 Å². The summed E-state index contributed by atoms with van der Waals surface area (Å²) in [5, 5.41) is 0. The predicted octanol–water partition coefficient (Wildman–Crippen LogP) is 2.48. The summed E-state index contributed by atoms with van der Waals surface area (Å²) in [6, 6.07) is 8.40. The molecule has 0 amide bonds. The number of aryl methyl sites for hydroxylation is 1. The highest BCUT2D eigenvalue weighted by atomic mass is 15.2. The Morgan fingerprint density at radius 3 is 2.55 bits per heavy atom. The van der Waals surface area contributed by atoms with Crippen LogP contribution in [0.5, 0.6) is 0 Å². The Balaban J connectivity index is 1.40. The second-order valence-corrected chi connectivity index (χ2v) is 6.11. The standard InChI is InChI=1S/C18H26N4/c1-2-9-20(8-1)10-4-11-21-12-5-13-22(15-14-21)17-18-6-3-7-19-16-18/h1-3,6-9,16H,4-5,10-15,17H2. The van der Waals surface area contributed by atoms with Crippen molar-refractivity contribution < 1.29 is 0 Å². The molecule has 1 aliphatic rings. The molecule has 3 rings (SSSR count). The van der Waals surface area contributed by atoms with Crippen molar-refractivity contribution in [3.63, 3.8) is 0 Å². The summed E-state index contributed by atoms with van der Waals surface area (Å²) < 4.78 is 2.27. The van der Waals surface area contributed by atoms with Gasteiger partial charge in [-0.05, 0) is 56.2 Å². The van der Waals surface area contributed by atoms with Gasteiger partial charge in [0.05, 0.1) is 0 Å². The largest absolute Gasteiger partial charge is 0.354 e. The van der Waals surface area contributed by atoms with E-state index in [0.717, 1.165) is 13.1 Å². The molecule has 118 valence electrons. The third kappa shape index (κ3) is 4.68. The molecular formula is C18H26N4. The molecule has 0 aliphatic carbocycles. The molecule has 0 saturated carbocycles. The topological polar surface area (TPSA) is 24.3 Å². The molecule has 1 saturated heterocycles. The van der Waals surface area contributed by atoms with Crippen molar-refractivity contribution in [2.75, 3.05) is 32.7 Å². The van der Waals surface area contributed by atoms with Gasteiger partial charge < -0.3 is 9.47 Å². The van der Waals surface area contributed by atoms with E-state index in [2.05, 4.69) is 49.9 Å². The highest BCUT2D eigenvalue weighted by Gasteiger charge is 2.14. The van der Waals surface area contributed by atoms with Gasteiger partial charge in [0, 0.05) is 51.0 Å². The van der Waals surface area contributed by atoms with E-state index >= 15 is 0 Å². The summed E-state index contributed by atoms with van der Waals surface area (Å²) in [6.45, 7) is 8.15. The third-order valence-electron chi connectivity index (χ3n) is 4.37. The molecule has 2 aromatic rings. The molecule has 2 aromatic heterocycles. The number of hydrogen-bond acceptors (Lipinski definition) is 3. The summed E-state index contributed by atoms with van der Waals surface area (Å²) in [4.78, 5) is 9.39. The van der Waals surface area contributed by atoms with E-state index in [-0.39, 0.29) is 0 Å². The van der Waals surface area contributed by atoms with Crippen LogP contribution >= 0.6 is 0 Å². The Hall–Kier alpha value is -1.65. The van der Waals surface area contributed by atoms with Crippen molar-refractivity contribution in [1.29, 1.82) is 0 Å². The lowest BCUT2D eigenvalue weighted by Gasteiger charge is -2.21. The van der Waals surface area contributed by atoms with E-state index in [1.807, 2.05) is 18.5 Å². The third-order valence-corrected chi connectivity index (χ3v) is 4.37. The van der Waals surface area contributed by atoms with E-state index in [1.165, 1.54) is 51.1 Å². The van der Waals surface area contributed by atoms with Crippen LogP contribution in [0.1, 0.15) is 18.4 Å². The zero-order valence-corrected chi connectivity index (χ0v) is 13.3. The zero-order chi connectivity index (χ0) is 15.0. The van der Waals surface area contributed by atoms with Gasteiger partial charge in [0.1, 0.15) is 0 Å². The summed E-state index contributed by atoms with van der Waals surface area (Å²) in [7, 11) is 0. The van der Waals surface area contributed by atoms with Gasteiger partial charge in [0.25, 0.3) is 0 Å². The number of aromatic nitrogens is 2. The molecule has 4 nitrogen and oxygen atoms in total. The molecule has 0 atom stereocenters. The first-order chi connectivity index (χ1) is 10.9. The maximum Gasteiger partial charge on any atom is 0.0312 e. The molecule has 0 aromatic carbocycles. The molecule has 0 bridgehead atoms. The van der Waals surface area contributed by atoms with E-state index in [9.17, 15) is 0 Å². The fraction of sp³-hybridized carbons (Fsp3) is 0.500. The van der Waals surface area contributed by atoms with Crippen LogP contribution in [0.3, 0.4) is 0 Å². The Labute approximate surface area is 133 Å². The van der Waals surface area contributed by atoms with Gasteiger partial charge in [-0.3, -0.25) is 9.88 Å². The van der Waals surface area contributed by atoms with Crippen molar-refractivity contribution in [2.45, 2.75) is 25.9 Å². The van der Waals surface area contributed by atoms with Gasteiger partial charge >= 0.3 is 0 Å². The molecule has 1 aliphatic heterocycles. The van der Waals surface area contributed by atoms with Crippen LogP contribution in [0.25, 0.3) is 0 Å². The fourth-order valence-corrected chi connectivity index (χ4v) is 3.15. The number of rotatable bonds is 6. The molecule has 4 heteroatoms. The Morgan fingerprint density at radius 1 is 0.909 bits per heavy atom. The second kappa shape index (κ2) is 8.11. The molecule has 0 radical (unpaired) electrons. The number of nitrogens with zero attached hydrogens (tertiary/aromatic N) is 4. The van der Waals surface area contributed by atoms with E-state index in [4.69, 9.17) is 0 Å². The summed E-state index contributed by atoms with van der Waals surface area (Å²) in [6.07, 6.45) is 10.6. The Morgan fingerprint density at radius 2 is 1.73 bits per heavy atom. The quantitative estimate of drug-likeness (QED) is 0.819. The van der Waals surface area contributed by atoms with Crippen molar-refractivity contribution in [1.82, 2.24) is 19.4 Å². The van der Waals surface area contributed by atoms with Gasteiger partial charge in [0.15, 0.2) is 0 Å². The molecule has 3 heterocycles. The number of pyridine rings is 1. The van der Waals surface area contributed by atoms with Crippen LogP contribution in [0, 0.1) is 0 Å². The van der Waals surface area contributed by atoms with E-state index in [1.54, 1.807) is 0 Å². The van der Waals surface area contributed by atoms with Crippen LogP contribution in [0.4, 0.5) is 0 Å². The Kier molecular flexibility index (Phi) is 5.62. The second-order valence-electron chi connectivity index (χ2n) is 6.11. The van der Waals surface area contributed by atoms with E-state index < -0.39 is 0 Å². The minimum atomic E-state index is 1.03. The average molecular weight is 298 g/mol. The zero-order valence-electron chi connectivity index (χ0n) is 13.3. The van der Waals surface area contributed by atoms with Crippen LogP contribution in [0.15, 0.2) is 49.1 Å². The summed E-state index contributed by atoms with van der Waals surface area (Å²) >= 11 is 0. The normalized spacial score (nSPS) is 17.5. The molecule has 22 heavy (non-hydrogen) atoms. The van der Waals surface area contributed by atoms with Gasteiger partial charge in [-0.1, -0.05) is 6.07 Å². The first-order valence-corrected chi connectivity index (χ1v) is 8.34. The minimum absolute atomic E-state index is 1.03. The van der Waals surface area contributed by atoms with Gasteiger partial charge in [0.2, 0.25) is 0 Å². The molecule has 0 spiro atoms. The SMILES string of the molecule is c1cncc(CN2CCCN(CCCn3cccc3)CC2)c1. The van der Waals surface area contributed by atoms with Crippen LogP contribution < -0.4 is 0 Å². The molecular weight excluding hydrogens is 272 g/mol. The highest BCUT2D eigenvalue weighted by Crippen LogP contribution is 2.08. The lowest BCUT2D eigenvalue weighted by molar-refractivity contribution is 0.247. The average Bonchev–Trinajstić information content (AvgIpc) is 2.96. The maximum absolute atomic E-state index is 4.21. The lowest BCUT2D eigenvalue weighted by Crippen LogP contribution is -2.31. The maximum atomic E-state index is 4.21. The van der Waals surface area contributed by atoms with Crippen molar-refractivity contribution in [2.24, 2.45) is 0 Å². The summed E-state index contributed by atoms with van der Waals surface area (Å²) in [5.74, 6) is 0. The molecule has 0 unspecified atom stereocenters. The van der Waals surface area contributed by atoms with Gasteiger partial charge in [-0.2, -0.15) is 0 Å². The van der Waals surface area contributed by atoms with Gasteiger partial charge in [-0.25, -0.2) is 0 Å². The minimum Gasteiger partial charge on any atom is -0.354 e. The van der Waals surface area contributed by atoms with Crippen LogP contribution in [-0.2, 0) is 13.1 Å². The lowest BCUT2D eigenvalue weighted by atomic mass is 10.2. The number of hydrogen-bond donors (Lipinski definition) is 0. The summed E-state index contributed by atoms with van der Waals surface area (Å²) in [5.41, 5.74) is 1.32.